The van der Waals surface area contributed by atoms with Crippen LogP contribution in [0.4, 0.5) is 22.7 Å². The summed E-state index contributed by atoms with van der Waals surface area (Å²) in [5, 5.41) is 8.43. The van der Waals surface area contributed by atoms with E-state index in [1.54, 1.807) is 12.1 Å². The molecule has 4 aromatic carbocycles. The standard InChI is InChI=1S/2C23H25N3O/c2*24-20-6-2-4-8-22(20)26-23(27)15-16-9-11-17(12-10-16)18-13-14-25-21-7-3-1-5-19(18)21/h2*1-8,13-14,16-17H,9-12,15,24H2,(H,26,27). The zero-order valence-electron chi connectivity index (χ0n) is 30.8. The van der Waals surface area contributed by atoms with Gasteiger partial charge in [-0.05, 0) is 135 Å². The maximum Gasteiger partial charge on any atom is 0.224 e. The molecule has 0 atom stereocenters. The van der Waals surface area contributed by atoms with Crippen molar-refractivity contribution >= 4 is 56.4 Å². The molecule has 54 heavy (non-hydrogen) atoms. The van der Waals surface area contributed by atoms with E-state index in [-0.39, 0.29) is 11.8 Å². The van der Waals surface area contributed by atoms with Crippen molar-refractivity contribution in [2.45, 2.75) is 76.0 Å². The third-order valence-corrected chi connectivity index (χ3v) is 11.4. The van der Waals surface area contributed by atoms with Gasteiger partial charge >= 0.3 is 0 Å². The van der Waals surface area contributed by atoms with Crippen molar-refractivity contribution in [2.24, 2.45) is 11.8 Å². The maximum atomic E-state index is 12.4. The van der Waals surface area contributed by atoms with Crippen LogP contribution in [0.25, 0.3) is 21.8 Å². The number of para-hydroxylation sites is 6. The second-order valence-corrected chi connectivity index (χ2v) is 14.9. The third-order valence-electron chi connectivity index (χ3n) is 11.4. The molecule has 2 fully saturated rings. The molecule has 8 rings (SSSR count). The first kappa shape index (κ1) is 36.6. The quantitative estimate of drug-likeness (QED) is 0.116. The number of nitrogens with one attached hydrogen (secondary N) is 2. The van der Waals surface area contributed by atoms with E-state index >= 15 is 0 Å². The summed E-state index contributed by atoms with van der Waals surface area (Å²) in [5.74, 6) is 2.12. The molecule has 8 nitrogen and oxygen atoms in total. The van der Waals surface area contributed by atoms with Crippen LogP contribution >= 0.6 is 0 Å². The second kappa shape index (κ2) is 17.4. The Morgan fingerprint density at radius 1 is 0.500 bits per heavy atom. The normalized spacial score (nSPS) is 19.7. The molecule has 2 aromatic heterocycles. The molecular weight excluding hydrogens is 669 g/mol. The number of aromatic nitrogens is 2. The van der Waals surface area contributed by atoms with Crippen molar-refractivity contribution in [1.29, 1.82) is 0 Å². The molecule has 2 amide bonds. The summed E-state index contributed by atoms with van der Waals surface area (Å²) in [5.41, 5.74) is 19.4. The predicted octanol–water partition coefficient (Wildman–Crippen LogP) is 10.2. The average Bonchev–Trinajstić information content (AvgIpc) is 3.20. The number of nitrogens with zero attached hydrogens (tertiary/aromatic N) is 2. The van der Waals surface area contributed by atoms with E-state index < -0.39 is 0 Å². The maximum absolute atomic E-state index is 12.4. The fourth-order valence-corrected chi connectivity index (χ4v) is 8.45. The van der Waals surface area contributed by atoms with Crippen LogP contribution in [0.1, 0.15) is 87.2 Å². The van der Waals surface area contributed by atoms with Gasteiger partial charge in [-0.25, -0.2) is 0 Å². The number of carbonyl (C=O) groups excluding carboxylic acids is 2. The van der Waals surface area contributed by atoms with Crippen LogP contribution in [-0.4, -0.2) is 21.8 Å². The van der Waals surface area contributed by atoms with Crippen LogP contribution in [0.3, 0.4) is 0 Å². The molecule has 0 aliphatic heterocycles. The molecule has 8 heteroatoms. The second-order valence-electron chi connectivity index (χ2n) is 14.9. The fourth-order valence-electron chi connectivity index (χ4n) is 8.45. The summed E-state index contributed by atoms with van der Waals surface area (Å²) < 4.78 is 0. The number of nitrogen functional groups attached to an aromatic ring is 2. The lowest BCUT2D eigenvalue weighted by Gasteiger charge is -2.29. The molecule has 0 radical (unpaired) electrons. The largest absolute Gasteiger partial charge is 0.397 e. The molecule has 2 saturated carbocycles. The van der Waals surface area contributed by atoms with Crippen molar-refractivity contribution < 1.29 is 9.59 Å². The Hall–Kier alpha value is -5.76. The summed E-state index contributed by atoms with van der Waals surface area (Å²) >= 11 is 0. The van der Waals surface area contributed by atoms with Gasteiger partial charge in [-0.3, -0.25) is 19.6 Å². The number of benzene rings is 4. The molecule has 2 aliphatic rings. The smallest absolute Gasteiger partial charge is 0.224 e. The number of carbonyl (C=O) groups is 2. The van der Waals surface area contributed by atoms with Crippen LogP contribution in [0.15, 0.2) is 122 Å². The molecule has 6 aromatic rings. The zero-order chi connectivity index (χ0) is 37.3. The van der Waals surface area contributed by atoms with Crippen LogP contribution in [-0.2, 0) is 9.59 Å². The Labute approximate surface area is 317 Å². The Kier molecular flexibility index (Phi) is 11.8. The summed E-state index contributed by atoms with van der Waals surface area (Å²) in [6, 6.07) is 35.9. The van der Waals surface area contributed by atoms with Crippen molar-refractivity contribution in [3.63, 3.8) is 0 Å². The van der Waals surface area contributed by atoms with Gasteiger partial charge in [0.2, 0.25) is 11.8 Å². The Morgan fingerprint density at radius 3 is 1.28 bits per heavy atom. The van der Waals surface area contributed by atoms with Crippen molar-refractivity contribution in [3.8, 4) is 0 Å². The van der Waals surface area contributed by atoms with E-state index in [2.05, 4.69) is 69.1 Å². The first-order valence-electron chi connectivity index (χ1n) is 19.4. The first-order valence-corrected chi connectivity index (χ1v) is 19.4. The monoisotopic (exact) mass is 718 g/mol. The van der Waals surface area contributed by atoms with Crippen LogP contribution in [0, 0.1) is 11.8 Å². The molecule has 0 unspecified atom stereocenters. The molecule has 0 bridgehead atoms. The van der Waals surface area contributed by atoms with Gasteiger partial charge in [0.15, 0.2) is 0 Å². The van der Waals surface area contributed by atoms with Gasteiger partial charge in [0.05, 0.1) is 33.8 Å². The number of fused-ring (bicyclic) bond motifs is 2. The van der Waals surface area contributed by atoms with E-state index in [0.29, 0.717) is 59.3 Å². The van der Waals surface area contributed by atoms with E-state index in [4.69, 9.17) is 11.5 Å². The lowest BCUT2D eigenvalue weighted by atomic mass is 9.77. The highest BCUT2D eigenvalue weighted by molar-refractivity contribution is 5.94. The van der Waals surface area contributed by atoms with Crippen molar-refractivity contribution in [1.82, 2.24) is 9.97 Å². The molecule has 2 aliphatic carbocycles. The number of anilines is 4. The Bertz CT molecular complexity index is 2040. The van der Waals surface area contributed by atoms with Crippen LogP contribution in [0.2, 0.25) is 0 Å². The van der Waals surface area contributed by atoms with Crippen molar-refractivity contribution in [2.75, 3.05) is 22.1 Å². The molecule has 6 N–H and O–H groups in total. The van der Waals surface area contributed by atoms with Gasteiger partial charge in [-0.15, -0.1) is 0 Å². The minimum atomic E-state index is 0.0608. The fraction of sp³-hybridized carbons (Fsp3) is 0.304. The van der Waals surface area contributed by atoms with Gasteiger partial charge < -0.3 is 22.1 Å². The third kappa shape index (κ3) is 9.05. The van der Waals surface area contributed by atoms with Gasteiger partial charge in [0, 0.05) is 36.0 Å². The average molecular weight is 719 g/mol. The minimum absolute atomic E-state index is 0.0608. The molecule has 2 heterocycles. The summed E-state index contributed by atoms with van der Waals surface area (Å²) in [4.78, 5) is 33.7. The van der Waals surface area contributed by atoms with Crippen molar-refractivity contribution in [3.05, 3.63) is 133 Å². The van der Waals surface area contributed by atoms with E-state index in [0.717, 1.165) is 62.4 Å². The highest BCUT2D eigenvalue weighted by Gasteiger charge is 2.27. The Balaban J connectivity index is 0.000000167. The van der Waals surface area contributed by atoms with Gasteiger partial charge in [0.1, 0.15) is 0 Å². The molecule has 276 valence electrons. The van der Waals surface area contributed by atoms with E-state index in [9.17, 15) is 9.59 Å². The molecular formula is C46H50N6O2. The number of nitrogens with two attached hydrogens (primary N) is 2. The summed E-state index contributed by atoms with van der Waals surface area (Å²) in [6.07, 6.45) is 13.8. The number of hydrogen-bond donors (Lipinski definition) is 4. The number of hydrogen-bond acceptors (Lipinski definition) is 6. The zero-order valence-corrected chi connectivity index (χ0v) is 30.8. The minimum Gasteiger partial charge on any atom is -0.397 e. The summed E-state index contributed by atoms with van der Waals surface area (Å²) in [7, 11) is 0. The Morgan fingerprint density at radius 2 is 0.870 bits per heavy atom. The highest BCUT2D eigenvalue weighted by Crippen LogP contribution is 2.41. The van der Waals surface area contributed by atoms with Gasteiger partial charge in [-0.1, -0.05) is 60.7 Å². The molecule has 0 saturated heterocycles. The van der Waals surface area contributed by atoms with Gasteiger partial charge in [0.25, 0.3) is 0 Å². The predicted molar refractivity (Wildman–Crippen MR) is 221 cm³/mol. The van der Waals surface area contributed by atoms with Crippen LogP contribution in [0.5, 0.6) is 0 Å². The molecule has 0 spiro atoms. The van der Waals surface area contributed by atoms with E-state index in [1.807, 2.05) is 60.9 Å². The topological polar surface area (TPSA) is 136 Å². The van der Waals surface area contributed by atoms with Gasteiger partial charge in [-0.2, -0.15) is 0 Å². The summed E-state index contributed by atoms with van der Waals surface area (Å²) in [6.45, 7) is 0. The highest BCUT2D eigenvalue weighted by atomic mass is 16.2. The lowest BCUT2D eigenvalue weighted by Crippen LogP contribution is -2.21. The van der Waals surface area contributed by atoms with Crippen LogP contribution < -0.4 is 22.1 Å². The lowest BCUT2D eigenvalue weighted by molar-refractivity contribution is -0.118. The number of amides is 2. The SMILES string of the molecule is Nc1ccccc1NC(=O)CC1CCC(c2ccnc3ccccc23)CC1.Nc1ccccc1NC(=O)CC1CCC(c2ccnc3ccccc23)CC1. The number of pyridine rings is 2. The first-order chi connectivity index (χ1) is 26.4. The number of rotatable bonds is 8. The van der Waals surface area contributed by atoms with E-state index in [1.165, 1.54) is 21.9 Å².